The van der Waals surface area contributed by atoms with Crippen LogP contribution in [0.3, 0.4) is 0 Å². The van der Waals surface area contributed by atoms with Crippen molar-refractivity contribution >= 4 is 28.4 Å². The van der Waals surface area contributed by atoms with Crippen LogP contribution in [0.1, 0.15) is 61.1 Å². The molecular formula is C21H26N4OS. The van der Waals surface area contributed by atoms with Crippen molar-refractivity contribution in [1.29, 1.82) is 0 Å². The Morgan fingerprint density at radius 2 is 1.96 bits per heavy atom. The first kappa shape index (κ1) is 18.3. The Hall–Kier alpha value is -2.08. The standard InChI is InChI=1S/C21H26N4OS/c1-3-25-20(15-9-5-4-6-10-15)22-23-21(25)27-14-19(26)17-13-24(2)18-12-8-7-11-16(17)18/h7-8,11-13,15H,3-6,9-10,14H2,1-2H3. The number of carbonyl (C=O) groups excluding carboxylic acids is 1. The highest BCUT2D eigenvalue weighted by molar-refractivity contribution is 7.99. The number of rotatable bonds is 6. The van der Waals surface area contributed by atoms with Crippen molar-refractivity contribution in [3.8, 4) is 0 Å². The number of fused-ring (bicyclic) bond motifs is 1. The second kappa shape index (κ2) is 7.89. The average Bonchev–Trinajstić information content (AvgIpc) is 3.28. The van der Waals surface area contributed by atoms with Crippen LogP contribution in [0, 0.1) is 0 Å². The second-order valence-corrected chi connectivity index (χ2v) is 8.25. The van der Waals surface area contributed by atoms with Gasteiger partial charge in [0.25, 0.3) is 0 Å². The summed E-state index contributed by atoms with van der Waals surface area (Å²) in [5.74, 6) is 2.16. The summed E-state index contributed by atoms with van der Waals surface area (Å²) in [6, 6.07) is 8.05. The van der Waals surface area contributed by atoms with Gasteiger partial charge in [0.15, 0.2) is 10.9 Å². The zero-order chi connectivity index (χ0) is 18.8. The smallest absolute Gasteiger partial charge is 0.191 e. The first-order chi connectivity index (χ1) is 13.2. The Morgan fingerprint density at radius 1 is 1.19 bits per heavy atom. The summed E-state index contributed by atoms with van der Waals surface area (Å²) in [6.45, 7) is 2.98. The molecule has 6 heteroatoms. The molecule has 0 saturated heterocycles. The molecular weight excluding hydrogens is 356 g/mol. The molecule has 1 aromatic carbocycles. The van der Waals surface area contributed by atoms with Gasteiger partial charge in [-0.25, -0.2) is 0 Å². The number of aryl methyl sites for hydroxylation is 1. The van der Waals surface area contributed by atoms with Crippen molar-refractivity contribution in [3.05, 3.63) is 41.9 Å². The molecule has 2 heterocycles. The molecule has 0 atom stereocenters. The molecule has 0 bridgehead atoms. The zero-order valence-corrected chi connectivity index (χ0v) is 16.8. The lowest BCUT2D eigenvalue weighted by Gasteiger charge is -2.21. The van der Waals surface area contributed by atoms with Crippen molar-refractivity contribution in [2.45, 2.75) is 56.6 Å². The number of ketones is 1. The fourth-order valence-corrected chi connectivity index (χ4v) is 5.03. The van der Waals surface area contributed by atoms with Gasteiger partial charge in [0.1, 0.15) is 5.82 Å². The number of thioether (sulfide) groups is 1. The molecule has 0 aliphatic heterocycles. The van der Waals surface area contributed by atoms with Gasteiger partial charge in [-0.1, -0.05) is 49.2 Å². The van der Waals surface area contributed by atoms with E-state index in [2.05, 4.69) is 21.7 Å². The summed E-state index contributed by atoms with van der Waals surface area (Å²) in [6.07, 6.45) is 8.24. The van der Waals surface area contributed by atoms with Crippen LogP contribution in [0.5, 0.6) is 0 Å². The van der Waals surface area contributed by atoms with Crippen LogP contribution in [0.25, 0.3) is 10.9 Å². The van der Waals surface area contributed by atoms with Crippen LogP contribution in [-0.4, -0.2) is 30.9 Å². The number of benzene rings is 1. The quantitative estimate of drug-likeness (QED) is 0.453. The minimum Gasteiger partial charge on any atom is -0.350 e. The van der Waals surface area contributed by atoms with Crippen molar-refractivity contribution in [3.63, 3.8) is 0 Å². The van der Waals surface area contributed by atoms with Gasteiger partial charge >= 0.3 is 0 Å². The molecule has 142 valence electrons. The largest absolute Gasteiger partial charge is 0.350 e. The summed E-state index contributed by atoms with van der Waals surface area (Å²) in [4.78, 5) is 12.9. The fourth-order valence-electron chi connectivity index (χ4n) is 4.14. The van der Waals surface area contributed by atoms with Gasteiger partial charge in [-0.15, -0.1) is 10.2 Å². The average molecular weight is 383 g/mol. The minimum absolute atomic E-state index is 0.140. The van der Waals surface area contributed by atoms with E-state index in [9.17, 15) is 4.79 Å². The number of hydrogen-bond acceptors (Lipinski definition) is 4. The third kappa shape index (κ3) is 3.55. The summed E-state index contributed by atoms with van der Waals surface area (Å²) in [5, 5.41) is 10.8. The predicted octanol–water partition coefficient (Wildman–Crippen LogP) is 4.81. The summed E-state index contributed by atoms with van der Waals surface area (Å²) in [5.41, 5.74) is 1.87. The summed E-state index contributed by atoms with van der Waals surface area (Å²) in [7, 11) is 1.98. The highest BCUT2D eigenvalue weighted by atomic mass is 32.2. The van der Waals surface area contributed by atoms with E-state index in [0.29, 0.717) is 11.7 Å². The van der Waals surface area contributed by atoms with E-state index in [-0.39, 0.29) is 5.78 Å². The van der Waals surface area contributed by atoms with Crippen LogP contribution >= 0.6 is 11.8 Å². The molecule has 3 aromatic rings. The fraction of sp³-hybridized carbons (Fsp3) is 0.476. The predicted molar refractivity (Wildman–Crippen MR) is 109 cm³/mol. The van der Waals surface area contributed by atoms with E-state index in [4.69, 9.17) is 0 Å². The lowest BCUT2D eigenvalue weighted by atomic mass is 9.89. The molecule has 4 rings (SSSR count). The van der Waals surface area contributed by atoms with Gasteiger partial charge in [-0.3, -0.25) is 4.79 Å². The van der Waals surface area contributed by atoms with Crippen LogP contribution in [0.4, 0.5) is 0 Å². The van der Waals surface area contributed by atoms with Gasteiger partial charge in [0.05, 0.1) is 5.75 Å². The van der Waals surface area contributed by atoms with E-state index >= 15 is 0 Å². The monoisotopic (exact) mass is 382 g/mol. The molecule has 0 amide bonds. The normalized spacial score (nSPS) is 15.5. The Balaban J connectivity index is 1.51. The Kier molecular flexibility index (Phi) is 5.34. The molecule has 1 aliphatic rings. The molecule has 2 aromatic heterocycles. The van der Waals surface area contributed by atoms with Gasteiger partial charge in [0.2, 0.25) is 0 Å². The molecule has 27 heavy (non-hydrogen) atoms. The zero-order valence-electron chi connectivity index (χ0n) is 16.0. The first-order valence-corrected chi connectivity index (χ1v) is 10.8. The Bertz CT molecular complexity index is 952. The number of aromatic nitrogens is 4. The van der Waals surface area contributed by atoms with Gasteiger partial charge in [-0.05, 0) is 25.8 Å². The van der Waals surface area contributed by atoms with E-state index in [1.807, 2.05) is 42.1 Å². The summed E-state index contributed by atoms with van der Waals surface area (Å²) >= 11 is 1.51. The molecule has 0 radical (unpaired) electrons. The Morgan fingerprint density at radius 3 is 2.74 bits per heavy atom. The SMILES string of the molecule is CCn1c(SCC(=O)c2cn(C)c3ccccc23)nnc1C1CCCCC1. The van der Waals surface area contributed by atoms with Crippen LogP contribution < -0.4 is 0 Å². The first-order valence-electron chi connectivity index (χ1n) is 9.82. The molecule has 1 aliphatic carbocycles. The molecule has 1 saturated carbocycles. The van der Waals surface area contributed by atoms with Crippen LogP contribution in [0.2, 0.25) is 0 Å². The number of para-hydroxylation sites is 1. The Labute approximate surface area is 164 Å². The van der Waals surface area contributed by atoms with Gasteiger partial charge < -0.3 is 9.13 Å². The van der Waals surface area contributed by atoms with Crippen LogP contribution in [0.15, 0.2) is 35.6 Å². The number of nitrogens with zero attached hydrogens (tertiary/aromatic N) is 4. The van der Waals surface area contributed by atoms with E-state index in [1.165, 1.54) is 43.9 Å². The van der Waals surface area contributed by atoms with Crippen molar-refractivity contribution in [2.24, 2.45) is 7.05 Å². The topological polar surface area (TPSA) is 52.7 Å². The molecule has 0 N–H and O–H groups in total. The van der Waals surface area contributed by atoms with Gasteiger partial charge in [0, 0.05) is 42.2 Å². The van der Waals surface area contributed by atoms with E-state index in [1.54, 1.807) is 0 Å². The molecule has 0 unspecified atom stereocenters. The maximum atomic E-state index is 12.9. The van der Waals surface area contributed by atoms with E-state index in [0.717, 1.165) is 34.0 Å². The maximum absolute atomic E-state index is 12.9. The summed E-state index contributed by atoms with van der Waals surface area (Å²) < 4.78 is 4.22. The third-order valence-electron chi connectivity index (χ3n) is 5.56. The van der Waals surface area contributed by atoms with Crippen molar-refractivity contribution < 1.29 is 4.79 Å². The van der Waals surface area contributed by atoms with E-state index < -0.39 is 0 Å². The maximum Gasteiger partial charge on any atom is 0.191 e. The minimum atomic E-state index is 0.140. The number of carbonyl (C=O) groups is 1. The number of hydrogen-bond donors (Lipinski definition) is 0. The van der Waals surface area contributed by atoms with Gasteiger partial charge in [-0.2, -0.15) is 0 Å². The third-order valence-corrected chi connectivity index (χ3v) is 6.53. The molecule has 5 nitrogen and oxygen atoms in total. The second-order valence-electron chi connectivity index (χ2n) is 7.30. The van der Waals surface area contributed by atoms with Crippen LogP contribution in [-0.2, 0) is 13.6 Å². The lowest BCUT2D eigenvalue weighted by Crippen LogP contribution is -2.12. The molecule has 1 fully saturated rings. The number of Topliss-reactive ketones (excluding diaryl/α,β-unsaturated/α-hetero) is 1. The van der Waals surface area contributed by atoms with Crippen molar-refractivity contribution in [2.75, 3.05) is 5.75 Å². The van der Waals surface area contributed by atoms with Crippen molar-refractivity contribution in [1.82, 2.24) is 19.3 Å². The highest BCUT2D eigenvalue weighted by Gasteiger charge is 2.23. The molecule has 0 spiro atoms. The highest BCUT2D eigenvalue weighted by Crippen LogP contribution is 2.33. The lowest BCUT2D eigenvalue weighted by molar-refractivity contribution is 0.102.